The molecule has 0 unspecified atom stereocenters. The summed E-state index contributed by atoms with van der Waals surface area (Å²) in [5.74, 6) is 1.77. The van der Waals surface area contributed by atoms with E-state index in [1.165, 1.54) is 4.79 Å². The minimum absolute atomic E-state index is 0.199. The molecule has 0 saturated carbocycles. The Balaban J connectivity index is 1.71. The monoisotopic (exact) mass is 334 g/mol. The molecular weight excluding hydrogens is 324 g/mol. The number of rotatable bonds is 4. The van der Waals surface area contributed by atoms with E-state index < -0.39 is 0 Å². The molecule has 0 atom stereocenters. The number of hydrogen-bond donors (Lipinski definition) is 2. The molecule has 2 heterocycles. The fourth-order valence-corrected chi connectivity index (χ4v) is 1.97. The summed E-state index contributed by atoms with van der Waals surface area (Å²) in [6, 6.07) is 11.7. The summed E-state index contributed by atoms with van der Waals surface area (Å²) in [6.07, 6.45) is 0. The van der Waals surface area contributed by atoms with E-state index in [0.29, 0.717) is 6.54 Å². The summed E-state index contributed by atoms with van der Waals surface area (Å²) in [4.78, 5) is 1.29. The fraction of sp³-hybridized carbons (Fsp3) is 0.0833. The summed E-state index contributed by atoms with van der Waals surface area (Å²) in [7, 11) is 0. The van der Waals surface area contributed by atoms with Crippen LogP contribution in [0.4, 0.5) is 5.95 Å². The first-order valence-electron chi connectivity index (χ1n) is 5.85. The number of halogens is 1. The predicted octanol–water partition coefficient (Wildman–Crippen LogP) is 2.02. The number of nitrogens with one attached hydrogen (secondary N) is 1. The molecule has 3 rings (SSSR count). The standard InChI is InChI=1S/C12H11BrN6O/c13-9-3-1-8(2-4-9)11-6-5-10(20-11)7-15-19-12(14)16-17-18-19/h1-6,15H,7H2,(H2,14,16,18). The molecule has 0 spiro atoms. The summed E-state index contributed by atoms with van der Waals surface area (Å²) < 4.78 is 6.78. The first-order valence-corrected chi connectivity index (χ1v) is 6.64. The van der Waals surface area contributed by atoms with Crippen LogP contribution in [0.15, 0.2) is 45.3 Å². The molecule has 0 aliphatic carbocycles. The van der Waals surface area contributed by atoms with Gasteiger partial charge in [-0.1, -0.05) is 33.2 Å². The Morgan fingerprint density at radius 2 is 2.00 bits per heavy atom. The SMILES string of the molecule is Nc1nnnn1NCc1ccc(-c2ccc(Br)cc2)o1. The van der Waals surface area contributed by atoms with E-state index in [0.717, 1.165) is 21.6 Å². The summed E-state index contributed by atoms with van der Waals surface area (Å²) in [5.41, 5.74) is 9.50. The number of benzene rings is 1. The van der Waals surface area contributed by atoms with Gasteiger partial charge in [-0.3, -0.25) is 5.43 Å². The Kier molecular flexibility index (Phi) is 3.38. The summed E-state index contributed by atoms with van der Waals surface area (Å²) >= 11 is 3.40. The molecule has 0 amide bonds. The highest BCUT2D eigenvalue weighted by molar-refractivity contribution is 9.10. The van der Waals surface area contributed by atoms with E-state index in [-0.39, 0.29) is 5.95 Å². The number of nitrogen functional groups attached to an aromatic ring is 1. The topological polar surface area (TPSA) is 94.8 Å². The first kappa shape index (κ1) is 12.7. The zero-order valence-corrected chi connectivity index (χ0v) is 11.9. The zero-order valence-electron chi connectivity index (χ0n) is 10.3. The number of nitrogens with zero attached hydrogens (tertiary/aromatic N) is 4. The lowest BCUT2D eigenvalue weighted by atomic mass is 10.2. The quantitative estimate of drug-likeness (QED) is 0.757. The Morgan fingerprint density at radius 1 is 1.20 bits per heavy atom. The minimum Gasteiger partial charge on any atom is -0.459 e. The van der Waals surface area contributed by atoms with E-state index in [9.17, 15) is 0 Å². The van der Waals surface area contributed by atoms with Crippen LogP contribution in [-0.2, 0) is 6.54 Å². The first-order chi connectivity index (χ1) is 9.72. The van der Waals surface area contributed by atoms with Crippen LogP contribution < -0.4 is 11.2 Å². The van der Waals surface area contributed by atoms with Crippen molar-refractivity contribution in [1.29, 1.82) is 0 Å². The van der Waals surface area contributed by atoms with Crippen molar-refractivity contribution in [2.75, 3.05) is 11.2 Å². The van der Waals surface area contributed by atoms with Crippen molar-refractivity contribution in [2.45, 2.75) is 6.54 Å². The van der Waals surface area contributed by atoms with Gasteiger partial charge in [0.05, 0.1) is 6.54 Å². The third-order valence-electron chi connectivity index (χ3n) is 2.69. The molecular formula is C12H11BrN6O. The lowest BCUT2D eigenvalue weighted by Crippen LogP contribution is -2.18. The molecule has 8 heteroatoms. The van der Waals surface area contributed by atoms with Crippen molar-refractivity contribution >= 4 is 21.9 Å². The predicted molar refractivity (Wildman–Crippen MR) is 77.1 cm³/mol. The molecule has 0 fully saturated rings. The van der Waals surface area contributed by atoms with Crippen LogP contribution in [0.5, 0.6) is 0 Å². The lowest BCUT2D eigenvalue weighted by molar-refractivity contribution is 0.517. The van der Waals surface area contributed by atoms with Gasteiger partial charge in [-0.2, -0.15) is 0 Å². The van der Waals surface area contributed by atoms with Crippen molar-refractivity contribution in [3.8, 4) is 11.3 Å². The Bertz CT molecular complexity index is 705. The molecule has 7 nitrogen and oxygen atoms in total. The zero-order chi connectivity index (χ0) is 13.9. The molecule has 0 saturated heterocycles. The Labute approximate surface area is 122 Å². The van der Waals surface area contributed by atoms with Gasteiger partial charge in [-0.15, -0.1) is 4.79 Å². The van der Waals surface area contributed by atoms with Gasteiger partial charge in [0.25, 0.3) is 5.95 Å². The van der Waals surface area contributed by atoms with Gasteiger partial charge in [0.1, 0.15) is 11.5 Å². The van der Waals surface area contributed by atoms with Crippen molar-refractivity contribution in [3.05, 3.63) is 46.6 Å². The maximum atomic E-state index is 5.75. The van der Waals surface area contributed by atoms with E-state index in [2.05, 4.69) is 36.9 Å². The van der Waals surface area contributed by atoms with Crippen LogP contribution in [0.3, 0.4) is 0 Å². The second kappa shape index (κ2) is 5.33. The molecule has 102 valence electrons. The largest absolute Gasteiger partial charge is 0.459 e. The molecule has 0 bridgehead atoms. The molecule has 2 aromatic heterocycles. The number of hydrogen-bond acceptors (Lipinski definition) is 6. The Morgan fingerprint density at radius 3 is 2.70 bits per heavy atom. The molecule has 3 N–H and O–H groups in total. The van der Waals surface area contributed by atoms with Gasteiger partial charge < -0.3 is 10.2 Å². The number of aromatic nitrogens is 4. The maximum Gasteiger partial charge on any atom is 0.260 e. The molecule has 1 aromatic carbocycles. The van der Waals surface area contributed by atoms with Crippen molar-refractivity contribution < 1.29 is 4.42 Å². The van der Waals surface area contributed by atoms with Gasteiger partial charge in [0, 0.05) is 10.0 Å². The van der Waals surface area contributed by atoms with Crippen LogP contribution in [0, 0.1) is 0 Å². The number of tetrazole rings is 1. The highest BCUT2D eigenvalue weighted by Crippen LogP contribution is 2.23. The van der Waals surface area contributed by atoms with Gasteiger partial charge >= 0.3 is 0 Å². The highest BCUT2D eigenvalue weighted by atomic mass is 79.9. The molecule has 0 aliphatic heterocycles. The van der Waals surface area contributed by atoms with Gasteiger partial charge in [0.2, 0.25) is 0 Å². The lowest BCUT2D eigenvalue weighted by Gasteiger charge is -2.03. The van der Waals surface area contributed by atoms with Crippen LogP contribution in [0.2, 0.25) is 0 Å². The van der Waals surface area contributed by atoms with E-state index in [1.54, 1.807) is 0 Å². The van der Waals surface area contributed by atoms with E-state index in [1.807, 2.05) is 36.4 Å². The number of nitrogens with two attached hydrogens (primary N) is 1. The minimum atomic E-state index is 0.199. The smallest absolute Gasteiger partial charge is 0.260 e. The van der Waals surface area contributed by atoms with Crippen molar-refractivity contribution in [1.82, 2.24) is 20.3 Å². The fourth-order valence-electron chi connectivity index (χ4n) is 1.70. The van der Waals surface area contributed by atoms with Gasteiger partial charge in [-0.05, 0) is 34.7 Å². The average molecular weight is 335 g/mol. The highest BCUT2D eigenvalue weighted by Gasteiger charge is 2.06. The van der Waals surface area contributed by atoms with Crippen LogP contribution in [-0.4, -0.2) is 20.3 Å². The van der Waals surface area contributed by atoms with Gasteiger partial charge in [-0.25, -0.2) is 0 Å². The maximum absolute atomic E-state index is 5.75. The second-order valence-corrected chi connectivity index (χ2v) is 4.97. The second-order valence-electron chi connectivity index (χ2n) is 4.06. The van der Waals surface area contributed by atoms with E-state index in [4.69, 9.17) is 10.2 Å². The Hall–Kier alpha value is -2.35. The molecule has 0 radical (unpaired) electrons. The average Bonchev–Trinajstić information content (AvgIpc) is 3.06. The third-order valence-corrected chi connectivity index (χ3v) is 3.22. The molecule has 0 aliphatic rings. The van der Waals surface area contributed by atoms with Crippen LogP contribution >= 0.6 is 15.9 Å². The third kappa shape index (κ3) is 2.64. The molecule has 3 aromatic rings. The summed E-state index contributed by atoms with van der Waals surface area (Å²) in [6.45, 7) is 0.436. The van der Waals surface area contributed by atoms with Crippen LogP contribution in [0.1, 0.15) is 5.76 Å². The molecule has 20 heavy (non-hydrogen) atoms. The summed E-state index contributed by atoms with van der Waals surface area (Å²) in [5, 5.41) is 10.7. The van der Waals surface area contributed by atoms with Crippen molar-refractivity contribution in [3.63, 3.8) is 0 Å². The number of anilines is 1. The number of furan rings is 1. The van der Waals surface area contributed by atoms with Gasteiger partial charge in [0.15, 0.2) is 0 Å². The van der Waals surface area contributed by atoms with Crippen LogP contribution in [0.25, 0.3) is 11.3 Å². The normalized spacial score (nSPS) is 10.7. The van der Waals surface area contributed by atoms with Crippen molar-refractivity contribution in [2.24, 2.45) is 0 Å². The van der Waals surface area contributed by atoms with E-state index >= 15 is 0 Å².